The van der Waals surface area contributed by atoms with Crippen LogP contribution in [0.1, 0.15) is 27.7 Å². The SMILES string of the molecule is CC(OCCCl)OC(=O)C(C)(C)C. The van der Waals surface area contributed by atoms with Gasteiger partial charge in [0, 0.05) is 5.88 Å². The minimum Gasteiger partial charge on any atom is -0.436 e. The Labute approximate surface area is 84.4 Å². The van der Waals surface area contributed by atoms with E-state index in [1.165, 1.54) is 0 Å². The Kier molecular flexibility index (Phi) is 5.33. The zero-order valence-corrected chi connectivity index (χ0v) is 9.35. The molecule has 0 N–H and O–H groups in total. The van der Waals surface area contributed by atoms with Gasteiger partial charge >= 0.3 is 5.97 Å². The van der Waals surface area contributed by atoms with Crippen molar-refractivity contribution in [1.82, 2.24) is 0 Å². The largest absolute Gasteiger partial charge is 0.436 e. The standard InChI is InChI=1S/C9H17ClO3/c1-7(12-6-5-10)13-8(11)9(2,3)4/h7H,5-6H2,1-4H3. The summed E-state index contributed by atoms with van der Waals surface area (Å²) in [5.74, 6) is 0.131. The number of carbonyl (C=O) groups excluding carboxylic acids is 1. The van der Waals surface area contributed by atoms with Crippen molar-refractivity contribution < 1.29 is 14.3 Å². The summed E-state index contributed by atoms with van der Waals surface area (Å²) < 4.78 is 10.1. The van der Waals surface area contributed by atoms with Crippen LogP contribution in [0.15, 0.2) is 0 Å². The molecule has 0 heterocycles. The lowest BCUT2D eigenvalue weighted by Gasteiger charge is -2.20. The van der Waals surface area contributed by atoms with Gasteiger partial charge in [-0.25, -0.2) is 0 Å². The predicted molar refractivity (Wildman–Crippen MR) is 51.7 cm³/mol. The first-order valence-corrected chi connectivity index (χ1v) is 4.80. The van der Waals surface area contributed by atoms with Crippen LogP contribution < -0.4 is 0 Å². The van der Waals surface area contributed by atoms with Crippen molar-refractivity contribution in [1.29, 1.82) is 0 Å². The molecule has 0 bridgehead atoms. The molecule has 3 nitrogen and oxygen atoms in total. The van der Waals surface area contributed by atoms with Crippen molar-refractivity contribution in [3.63, 3.8) is 0 Å². The zero-order chi connectivity index (χ0) is 10.5. The van der Waals surface area contributed by atoms with E-state index in [-0.39, 0.29) is 5.97 Å². The van der Waals surface area contributed by atoms with Crippen LogP contribution in [0.5, 0.6) is 0 Å². The molecule has 4 heteroatoms. The average Bonchev–Trinajstić information content (AvgIpc) is 1.99. The second kappa shape index (κ2) is 5.45. The number of alkyl halides is 1. The second-order valence-corrected chi connectivity index (χ2v) is 4.16. The summed E-state index contributed by atoms with van der Waals surface area (Å²) in [4.78, 5) is 11.3. The van der Waals surface area contributed by atoms with E-state index in [0.717, 1.165) is 0 Å². The molecule has 0 aromatic rings. The topological polar surface area (TPSA) is 35.5 Å². The lowest BCUT2D eigenvalue weighted by Crippen LogP contribution is -2.28. The summed E-state index contributed by atoms with van der Waals surface area (Å²) in [5, 5.41) is 0. The van der Waals surface area contributed by atoms with Crippen molar-refractivity contribution in [2.24, 2.45) is 5.41 Å². The monoisotopic (exact) mass is 208 g/mol. The number of hydrogen-bond donors (Lipinski definition) is 0. The van der Waals surface area contributed by atoms with Crippen molar-refractivity contribution >= 4 is 17.6 Å². The maximum atomic E-state index is 11.3. The van der Waals surface area contributed by atoms with Gasteiger partial charge in [-0.2, -0.15) is 0 Å². The lowest BCUT2D eigenvalue weighted by atomic mass is 9.97. The molecule has 13 heavy (non-hydrogen) atoms. The molecule has 0 aromatic carbocycles. The van der Waals surface area contributed by atoms with Gasteiger partial charge in [0.2, 0.25) is 0 Å². The number of hydrogen-bond acceptors (Lipinski definition) is 3. The van der Waals surface area contributed by atoms with Gasteiger partial charge in [-0.05, 0) is 27.7 Å². The van der Waals surface area contributed by atoms with Crippen LogP contribution in [0, 0.1) is 5.41 Å². The maximum absolute atomic E-state index is 11.3. The Hall–Kier alpha value is -0.280. The summed E-state index contributed by atoms with van der Waals surface area (Å²) in [6.07, 6.45) is -0.523. The fourth-order valence-corrected chi connectivity index (χ4v) is 0.661. The van der Waals surface area contributed by atoms with Crippen molar-refractivity contribution in [2.45, 2.75) is 34.0 Å². The third kappa shape index (κ3) is 5.88. The molecule has 78 valence electrons. The van der Waals surface area contributed by atoms with Gasteiger partial charge in [0.05, 0.1) is 12.0 Å². The van der Waals surface area contributed by atoms with E-state index >= 15 is 0 Å². The Bertz CT molecular complexity index is 163. The smallest absolute Gasteiger partial charge is 0.313 e. The van der Waals surface area contributed by atoms with Crippen molar-refractivity contribution in [3.8, 4) is 0 Å². The first kappa shape index (κ1) is 12.7. The van der Waals surface area contributed by atoms with Crippen LogP contribution in [0.3, 0.4) is 0 Å². The highest BCUT2D eigenvalue weighted by atomic mass is 35.5. The number of rotatable bonds is 4. The van der Waals surface area contributed by atoms with Gasteiger partial charge in [-0.15, -0.1) is 11.6 Å². The van der Waals surface area contributed by atoms with Gasteiger partial charge < -0.3 is 9.47 Å². The summed E-state index contributed by atoms with van der Waals surface area (Å²) in [6.45, 7) is 7.45. The first-order chi connectivity index (χ1) is 5.88. The first-order valence-electron chi connectivity index (χ1n) is 4.26. The summed E-state index contributed by atoms with van der Waals surface area (Å²) in [5.41, 5.74) is -0.488. The van der Waals surface area contributed by atoms with E-state index in [0.29, 0.717) is 12.5 Å². The highest BCUT2D eigenvalue weighted by Gasteiger charge is 2.24. The molecule has 0 aromatic heterocycles. The normalized spacial score (nSPS) is 13.9. The maximum Gasteiger partial charge on any atom is 0.313 e. The fraction of sp³-hybridized carbons (Fsp3) is 0.889. The van der Waals surface area contributed by atoms with Gasteiger partial charge in [-0.1, -0.05) is 0 Å². The molecular formula is C9H17ClO3. The van der Waals surface area contributed by atoms with E-state index in [9.17, 15) is 4.79 Å². The van der Waals surface area contributed by atoms with E-state index in [1.54, 1.807) is 27.7 Å². The number of halogens is 1. The molecule has 0 aliphatic carbocycles. The summed E-state index contributed by atoms with van der Waals surface area (Å²) in [6, 6.07) is 0. The van der Waals surface area contributed by atoms with E-state index in [4.69, 9.17) is 21.1 Å². The van der Waals surface area contributed by atoms with Crippen molar-refractivity contribution in [2.75, 3.05) is 12.5 Å². The average molecular weight is 209 g/mol. The summed E-state index contributed by atoms with van der Waals surface area (Å²) >= 11 is 5.41. The Morgan fingerprint density at radius 3 is 2.38 bits per heavy atom. The number of esters is 1. The highest BCUT2D eigenvalue weighted by Crippen LogP contribution is 2.16. The molecule has 0 aliphatic heterocycles. The van der Waals surface area contributed by atoms with Crippen LogP contribution in [0.2, 0.25) is 0 Å². The third-order valence-electron chi connectivity index (χ3n) is 1.32. The van der Waals surface area contributed by atoms with E-state index < -0.39 is 11.7 Å². The quantitative estimate of drug-likeness (QED) is 0.404. The number of carbonyl (C=O) groups is 1. The Morgan fingerprint density at radius 1 is 1.46 bits per heavy atom. The van der Waals surface area contributed by atoms with Crippen LogP contribution >= 0.6 is 11.6 Å². The minimum absolute atomic E-state index is 0.269. The molecule has 0 aliphatic rings. The molecule has 0 saturated carbocycles. The van der Waals surface area contributed by atoms with Crippen LogP contribution in [0.4, 0.5) is 0 Å². The molecule has 0 spiro atoms. The van der Waals surface area contributed by atoms with E-state index in [2.05, 4.69) is 0 Å². The predicted octanol–water partition coefficient (Wildman–Crippen LogP) is 2.18. The molecule has 0 radical (unpaired) electrons. The number of ether oxygens (including phenoxy) is 2. The van der Waals surface area contributed by atoms with Crippen LogP contribution in [-0.4, -0.2) is 24.7 Å². The molecule has 0 saturated heterocycles. The Morgan fingerprint density at radius 2 is 2.00 bits per heavy atom. The fourth-order valence-electron chi connectivity index (χ4n) is 0.572. The van der Waals surface area contributed by atoms with Crippen LogP contribution in [-0.2, 0) is 14.3 Å². The molecule has 0 amide bonds. The molecule has 0 fully saturated rings. The van der Waals surface area contributed by atoms with Gasteiger partial charge in [-0.3, -0.25) is 4.79 Å². The Balaban J connectivity index is 3.79. The van der Waals surface area contributed by atoms with Crippen molar-refractivity contribution in [3.05, 3.63) is 0 Å². The zero-order valence-electron chi connectivity index (χ0n) is 8.59. The van der Waals surface area contributed by atoms with Gasteiger partial charge in [0.15, 0.2) is 6.29 Å². The minimum atomic E-state index is -0.523. The van der Waals surface area contributed by atoms with Gasteiger partial charge in [0.25, 0.3) is 0 Å². The molecule has 1 atom stereocenters. The van der Waals surface area contributed by atoms with Gasteiger partial charge in [0.1, 0.15) is 0 Å². The molecular weight excluding hydrogens is 192 g/mol. The third-order valence-corrected chi connectivity index (χ3v) is 1.47. The highest BCUT2D eigenvalue weighted by molar-refractivity contribution is 6.17. The second-order valence-electron chi connectivity index (χ2n) is 3.78. The summed E-state index contributed by atoms with van der Waals surface area (Å²) in [7, 11) is 0. The van der Waals surface area contributed by atoms with E-state index in [1.807, 2.05) is 0 Å². The van der Waals surface area contributed by atoms with Crippen LogP contribution in [0.25, 0.3) is 0 Å². The lowest BCUT2D eigenvalue weighted by molar-refractivity contribution is -0.182. The molecule has 1 unspecified atom stereocenters. The molecule has 0 rings (SSSR count).